The molecular weight excluding hydrogens is 210 g/mol. The number of carbonyl (C=O) groups is 2. The van der Waals surface area contributed by atoms with Crippen LogP contribution in [0.2, 0.25) is 0 Å². The quantitative estimate of drug-likeness (QED) is 0.744. The number of hydrogen-bond acceptors (Lipinski definition) is 3. The van der Waals surface area contributed by atoms with Crippen molar-refractivity contribution in [3.05, 3.63) is 23.0 Å². The summed E-state index contributed by atoms with van der Waals surface area (Å²) in [5.41, 5.74) is 1.86. The molecule has 0 amide bonds. The maximum atomic E-state index is 11.6. The number of carboxylic acids is 1. The van der Waals surface area contributed by atoms with Gasteiger partial charge in [-0.1, -0.05) is 0 Å². The summed E-state index contributed by atoms with van der Waals surface area (Å²) >= 11 is 0. The lowest BCUT2D eigenvalue weighted by Crippen LogP contribution is -2.09. The molecule has 0 unspecified atom stereocenters. The predicted molar refractivity (Wildman–Crippen MR) is 57.4 cm³/mol. The summed E-state index contributed by atoms with van der Waals surface area (Å²) in [7, 11) is 0. The molecule has 1 rings (SSSR count). The monoisotopic (exact) mass is 225 g/mol. The van der Waals surface area contributed by atoms with Crippen LogP contribution >= 0.6 is 0 Å². The van der Waals surface area contributed by atoms with Crippen molar-refractivity contribution >= 4 is 11.9 Å². The fourth-order valence-electron chi connectivity index (χ4n) is 1.49. The van der Waals surface area contributed by atoms with E-state index in [1.165, 1.54) is 0 Å². The fourth-order valence-corrected chi connectivity index (χ4v) is 1.49. The van der Waals surface area contributed by atoms with Gasteiger partial charge in [0, 0.05) is 11.9 Å². The topological polar surface area (TPSA) is 79.4 Å². The Morgan fingerprint density at radius 1 is 1.50 bits per heavy atom. The van der Waals surface area contributed by atoms with Gasteiger partial charge in [-0.05, 0) is 25.8 Å². The number of aryl methyl sites for hydroxylation is 2. The minimum absolute atomic E-state index is 0.00758. The van der Waals surface area contributed by atoms with Gasteiger partial charge in [-0.15, -0.1) is 0 Å². The molecule has 16 heavy (non-hydrogen) atoms. The Bertz CT molecular complexity index is 395. The van der Waals surface area contributed by atoms with Crippen LogP contribution in [0.3, 0.4) is 0 Å². The molecule has 5 heteroatoms. The van der Waals surface area contributed by atoms with Crippen molar-refractivity contribution in [3.63, 3.8) is 0 Å². The summed E-state index contributed by atoms with van der Waals surface area (Å²) in [5, 5.41) is 8.58. The van der Waals surface area contributed by atoms with Crippen LogP contribution in [-0.4, -0.2) is 28.6 Å². The van der Waals surface area contributed by atoms with E-state index in [-0.39, 0.29) is 6.42 Å². The Morgan fingerprint density at radius 2 is 2.19 bits per heavy atom. The maximum Gasteiger partial charge on any atom is 0.340 e. The number of carboxylic acid groups (broad SMARTS) is 1. The van der Waals surface area contributed by atoms with Gasteiger partial charge >= 0.3 is 11.9 Å². The first-order valence-corrected chi connectivity index (χ1v) is 5.12. The van der Waals surface area contributed by atoms with E-state index in [4.69, 9.17) is 9.84 Å². The van der Waals surface area contributed by atoms with Crippen LogP contribution < -0.4 is 0 Å². The first kappa shape index (κ1) is 12.3. The molecule has 0 atom stereocenters. The van der Waals surface area contributed by atoms with Crippen molar-refractivity contribution in [3.8, 4) is 0 Å². The number of nitrogens with one attached hydrogen (secondary N) is 1. The summed E-state index contributed by atoms with van der Waals surface area (Å²) in [6, 6.07) is 0. The minimum Gasteiger partial charge on any atom is -0.481 e. The second-order valence-electron chi connectivity index (χ2n) is 3.44. The molecule has 0 fully saturated rings. The largest absolute Gasteiger partial charge is 0.481 e. The van der Waals surface area contributed by atoms with Gasteiger partial charge in [0.2, 0.25) is 0 Å². The second kappa shape index (κ2) is 5.34. The van der Waals surface area contributed by atoms with Crippen molar-refractivity contribution in [2.45, 2.75) is 26.7 Å². The van der Waals surface area contributed by atoms with E-state index in [1.54, 1.807) is 20.0 Å². The third-order valence-corrected chi connectivity index (χ3v) is 2.23. The van der Waals surface area contributed by atoms with Crippen molar-refractivity contribution in [1.29, 1.82) is 0 Å². The smallest absolute Gasteiger partial charge is 0.340 e. The van der Waals surface area contributed by atoms with Crippen LogP contribution in [-0.2, 0) is 16.0 Å². The molecule has 2 N–H and O–H groups in total. The zero-order valence-corrected chi connectivity index (χ0v) is 9.37. The van der Waals surface area contributed by atoms with Gasteiger partial charge in [0.15, 0.2) is 0 Å². The number of H-pyrrole nitrogens is 1. The average molecular weight is 225 g/mol. The number of aromatic nitrogens is 1. The molecule has 0 saturated carbocycles. The van der Waals surface area contributed by atoms with E-state index < -0.39 is 11.9 Å². The number of hydrogen-bond donors (Lipinski definition) is 2. The number of carbonyl (C=O) groups excluding carboxylic acids is 1. The fraction of sp³-hybridized carbons (Fsp3) is 0.455. The average Bonchev–Trinajstić information content (AvgIpc) is 2.57. The molecule has 0 radical (unpaired) electrons. The zero-order chi connectivity index (χ0) is 12.1. The van der Waals surface area contributed by atoms with Gasteiger partial charge in [-0.3, -0.25) is 4.79 Å². The normalized spacial score (nSPS) is 10.1. The van der Waals surface area contributed by atoms with Crippen LogP contribution in [0, 0.1) is 6.92 Å². The predicted octanol–water partition coefficient (Wildman–Crippen LogP) is 1.52. The number of aliphatic carboxylic acids is 1. The molecule has 1 heterocycles. The highest BCUT2D eigenvalue weighted by Crippen LogP contribution is 2.16. The summed E-state index contributed by atoms with van der Waals surface area (Å²) in [6.07, 6.45) is 1.98. The Hall–Kier alpha value is -1.78. The Kier molecular flexibility index (Phi) is 4.10. The lowest BCUT2D eigenvalue weighted by Gasteiger charge is -2.04. The number of rotatable bonds is 5. The molecule has 0 aliphatic rings. The summed E-state index contributed by atoms with van der Waals surface area (Å²) in [5.74, 6) is -1.29. The van der Waals surface area contributed by atoms with Crippen LogP contribution in [0.25, 0.3) is 0 Å². The van der Waals surface area contributed by atoms with Gasteiger partial charge in [-0.25, -0.2) is 4.79 Å². The van der Waals surface area contributed by atoms with E-state index in [2.05, 4.69) is 4.98 Å². The van der Waals surface area contributed by atoms with Gasteiger partial charge in [-0.2, -0.15) is 0 Å². The molecule has 5 nitrogen and oxygen atoms in total. The van der Waals surface area contributed by atoms with E-state index >= 15 is 0 Å². The van der Waals surface area contributed by atoms with Gasteiger partial charge in [0.25, 0.3) is 0 Å². The standard InChI is InChI=1S/C11H15NO4/c1-3-16-11(15)10-7(2)6-12-8(10)4-5-9(13)14/h6,12H,3-5H2,1-2H3,(H,13,14). The first-order valence-electron chi connectivity index (χ1n) is 5.12. The Balaban J connectivity index is 2.85. The first-order chi connectivity index (χ1) is 7.56. The lowest BCUT2D eigenvalue weighted by molar-refractivity contribution is -0.136. The lowest BCUT2D eigenvalue weighted by atomic mass is 10.1. The summed E-state index contributed by atoms with van der Waals surface area (Å²) in [6.45, 7) is 3.83. The zero-order valence-electron chi connectivity index (χ0n) is 9.37. The molecule has 1 aromatic heterocycles. The Morgan fingerprint density at radius 3 is 2.75 bits per heavy atom. The molecule has 1 aromatic rings. The van der Waals surface area contributed by atoms with E-state index in [1.807, 2.05) is 0 Å². The van der Waals surface area contributed by atoms with Crippen molar-refractivity contribution in [1.82, 2.24) is 4.98 Å². The molecule has 0 spiro atoms. The SMILES string of the molecule is CCOC(=O)c1c(C)c[nH]c1CCC(=O)O. The molecule has 0 saturated heterocycles. The van der Waals surface area contributed by atoms with Gasteiger partial charge < -0.3 is 14.8 Å². The summed E-state index contributed by atoms with van der Waals surface area (Å²) < 4.78 is 4.91. The molecule has 88 valence electrons. The van der Waals surface area contributed by atoms with E-state index in [0.717, 1.165) is 5.56 Å². The third kappa shape index (κ3) is 2.85. The minimum atomic E-state index is -0.887. The highest BCUT2D eigenvalue weighted by molar-refractivity contribution is 5.92. The number of ether oxygens (including phenoxy) is 1. The highest BCUT2D eigenvalue weighted by Gasteiger charge is 2.17. The molecule has 0 aliphatic carbocycles. The molecular formula is C11H15NO4. The van der Waals surface area contributed by atoms with Crippen LogP contribution in [0.5, 0.6) is 0 Å². The van der Waals surface area contributed by atoms with Crippen molar-refractivity contribution < 1.29 is 19.4 Å². The summed E-state index contributed by atoms with van der Waals surface area (Å²) in [4.78, 5) is 25.0. The van der Waals surface area contributed by atoms with Crippen LogP contribution in [0.1, 0.15) is 35.0 Å². The molecule has 0 aliphatic heterocycles. The Labute approximate surface area is 93.4 Å². The van der Waals surface area contributed by atoms with Crippen molar-refractivity contribution in [2.24, 2.45) is 0 Å². The molecule has 0 bridgehead atoms. The van der Waals surface area contributed by atoms with E-state index in [0.29, 0.717) is 24.3 Å². The van der Waals surface area contributed by atoms with Gasteiger partial charge in [0.05, 0.1) is 18.6 Å². The molecule has 0 aromatic carbocycles. The third-order valence-electron chi connectivity index (χ3n) is 2.23. The number of aromatic amines is 1. The van der Waals surface area contributed by atoms with E-state index in [9.17, 15) is 9.59 Å². The van der Waals surface area contributed by atoms with Crippen LogP contribution in [0.4, 0.5) is 0 Å². The second-order valence-corrected chi connectivity index (χ2v) is 3.44. The van der Waals surface area contributed by atoms with Crippen LogP contribution in [0.15, 0.2) is 6.20 Å². The maximum absolute atomic E-state index is 11.6. The highest BCUT2D eigenvalue weighted by atomic mass is 16.5. The number of esters is 1. The van der Waals surface area contributed by atoms with Gasteiger partial charge in [0.1, 0.15) is 0 Å². The van der Waals surface area contributed by atoms with Crippen molar-refractivity contribution in [2.75, 3.05) is 6.61 Å².